The Bertz CT molecular complexity index is 1130. The maximum atomic E-state index is 13.0. The number of carbonyl (C=O) groups excluding carboxylic acids is 1. The molecule has 0 spiro atoms. The number of nitrogens with one attached hydrogen (secondary N) is 4. The first-order valence-corrected chi connectivity index (χ1v) is 10.9. The summed E-state index contributed by atoms with van der Waals surface area (Å²) in [6.07, 6.45) is 2.24. The normalized spacial score (nSPS) is 20.5. The summed E-state index contributed by atoms with van der Waals surface area (Å²) in [5.41, 5.74) is 13.2. The van der Waals surface area contributed by atoms with E-state index in [1.165, 1.54) is 0 Å². The highest BCUT2D eigenvalue weighted by Crippen LogP contribution is 2.38. The number of hydrogen-bond acceptors (Lipinski definition) is 6. The highest BCUT2D eigenvalue weighted by Gasteiger charge is 2.34. The molecule has 4 heterocycles. The number of nitrogens with two attached hydrogens (primary N) is 1. The van der Waals surface area contributed by atoms with Crippen molar-refractivity contribution in [3.63, 3.8) is 0 Å². The third-order valence-electron chi connectivity index (χ3n) is 6.13. The lowest BCUT2D eigenvalue weighted by molar-refractivity contribution is 0.248. The van der Waals surface area contributed by atoms with Crippen molar-refractivity contribution in [3.05, 3.63) is 65.1 Å². The Kier molecular flexibility index (Phi) is 4.91. The van der Waals surface area contributed by atoms with Gasteiger partial charge in [-0.05, 0) is 56.2 Å². The number of benzene rings is 1. The van der Waals surface area contributed by atoms with Crippen molar-refractivity contribution in [2.45, 2.75) is 32.5 Å². The van der Waals surface area contributed by atoms with Crippen molar-refractivity contribution >= 4 is 28.7 Å². The largest absolute Gasteiger partial charge is 0.379 e. The Morgan fingerprint density at radius 1 is 1.06 bits per heavy atom. The molecule has 3 aliphatic rings. The summed E-state index contributed by atoms with van der Waals surface area (Å²) < 4.78 is 0. The zero-order valence-corrected chi connectivity index (χ0v) is 18.6. The predicted octanol–water partition coefficient (Wildman–Crippen LogP) is 2.52. The second kappa shape index (κ2) is 7.65. The van der Waals surface area contributed by atoms with Crippen LogP contribution in [0.3, 0.4) is 0 Å². The number of pyridine rings is 1. The van der Waals surface area contributed by atoms with Gasteiger partial charge >= 0.3 is 6.03 Å². The van der Waals surface area contributed by atoms with Crippen molar-refractivity contribution in [3.8, 4) is 0 Å². The molecule has 8 nitrogen and oxygen atoms in total. The topological polar surface area (TPSA) is 107 Å². The fourth-order valence-corrected chi connectivity index (χ4v) is 4.24. The van der Waals surface area contributed by atoms with Crippen LogP contribution >= 0.6 is 0 Å². The Labute approximate surface area is 188 Å². The maximum Gasteiger partial charge on any atom is 0.326 e. The standard InChI is InChI=1S/C24H29N7O/c1-14-26-10-15(11-27-14)19-8-9-20-21(30-19)22-16(12-28-20)13-29-23(32)31(22)18-6-4-17(5-7-18)24(2,3)25/h4-10,14,26-28H,11-13,25H2,1-3H3,(H,29,32). The van der Waals surface area contributed by atoms with Gasteiger partial charge in [0.15, 0.2) is 0 Å². The molecule has 0 aliphatic carbocycles. The average molecular weight is 432 g/mol. The van der Waals surface area contributed by atoms with E-state index >= 15 is 0 Å². The summed E-state index contributed by atoms with van der Waals surface area (Å²) in [4.78, 5) is 19.8. The second-order valence-electron chi connectivity index (χ2n) is 9.10. The Balaban J connectivity index is 1.58. The minimum Gasteiger partial charge on any atom is -0.379 e. The molecule has 2 aromatic rings. The molecule has 1 atom stereocenters. The molecule has 0 fully saturated rings. The third-order valence-corrected chi connectivity index (χ3v) is 6.13. The first kappa shape index (κ1) is 20.5. The minimum absolute atomic E-state index is 0.155. The van der Waals surface area contributed by atoms with Gasteiger partial charge in [-0.1, -0.05) is 12.1 Å². The van der Waals surface area contributed by atoms with Crippen LogP contribution in [0.1, 0.15) is 37.7 Å². The molecule has 1 aromatic heterocycles. The summed E-state index contributed by atoms with van der Waals surface area (Å²) in [5, 5.41) is 13.1. The zero-order chi connectivity index (χ0) is 22.5. The van der Waals surface area contributed by atoms with E-state index in [9.17, 15) is 4.79 Å². The fourth-order valence-electron chi connectivity index (χ4n) is 4.24. The van der Waals surface area contributed by atoms with Crippen LogP contribution in [0.15, 0.2) is 48.2 Å². The number of rotatable bonds is 3. The predicted molar refractivity (Wildman–Crippen MR) is 128 cm³/mol. The maximum absolute atomic E-state index is 13.0. The number of anilines is 2. The van der Waals surface area contributed by atoms with Gasteiger partial charge in [0.25, 0.3) is 0 Å². The summed E-state index contributed by atoms with van der Waals surface area (Å²) in [6, 6.07) is 11.8. The number of fused-ring (bicyclic) bond motifs is 2. The smallest absolute Gasteiger partial charge is 0.326 e. The number of nitrogens with zero attached hydrogens (tertiary/aromatic N) is 2. The Morgan fingerprint density at radius 3 is 2.50 bits per heavy atom. The number of hydrogen-bond donors (Lipinski definition) is 5. The lowest BCUT2D eigenvalue weighted by Crippen LogP contribution is -2.47. The van der Waals surface area contributed by atoms with Gasteiger partial charge in [0, 0.05) is 36.9 Å². The van der Waals surface area contributed by atoms with E-state index in [0.717, 1.165) is 51.7 Å². The van der Waals surface area contributed by atoms with Gasteiger partial charge in [-0.25, -0.2) is 9.78 Å². The van der Waals surface area contributed by atoms with Crippen LogP contribution in [-0.2, 0) is 5.54 Å². The summed E-state index contributed by atoms with van der Waals surface area (Å²) in [7, 11) is 0. The summed E-state index contributed by atoms with van der Waals surface area (Å²) in [5.74, 6) is 0. The Hall–Kier alpha value is -3.36. The molecule has 0 saturated heterocycles. The van der Waals surface area contributed by atoms with Crippen molar-refractivity contribution in [2.75, 3.05) is 29.9 Å². The van der Waals surface area contributed by atoms with Gasteiger partial charge in [0.05, 0.1) is 28.9 Å². The van der Waals surface area contributed by atoms with Crippen LogP contribution in [0.5, 0.6) is 0 Å². The Morgan fingerprint density at radius 2 is 1.81 bits per heavy atom. The van der Waals surface area contributed by atoms with E-state index in [1.807, 2.05) is 56.4 Å². The van der Waals surface area contributed by atoms with E-state index in [4.69, 9.17) is 10.7 Å². The van der Waals surface area contributed by atoms with E-state index in [2.05, 4.69) is 28.2 Å². The molecule has 1 unspecified atom stereocenters. The van der Waals surface area contributed by atoms with Gasteiger partial charge in [-0.3, -0.25) is 10.2 Å². The number of urea groups is 1. The van der Waals surface area contributed by atoms with Crippen LogP contribution < -0.4 is 31.9 Å². The second-order valence-corrected chi connectivity index (χ2v) is 9.10. The molecule has 166 valence electrons. The first-order chi connectivity index (χ1) is 15.3. The third kappa shape index (κ3) is 3.61. The van der Waals surface area contributed by atoms with Gasteiger partial charge in [-0.15, -0.1) is 0 Å². The van der Waals surface area contributed by atoms with Crippen LogP contribution in [0.25, 0.3) is 11.3 Å². The molecular formula is C24H29N7O. The van der Waals surface area contributed by atoms with Crippen molar-refractivity contribution in [2.24, 2.45) is 5.73 Å². The van der Waals surface area contributed by atoms with Crippen molar-refractivity contribution in [1.29, 1.82) is 0 Å². The van der Waals surface area contributed by atoms with Gasteiger partial charge < -0.3 is 21.7 Å². The van der Waals surface area contributed by atoms with Crippen molar-refractivity contribution in [1.82, 2.24) is 20.9 Å². The number of carbonyl (C=O) groups is 1. The first-order valence-electron chi connectivity index (χ1n) is 10.9. The number of aromatic nitrogens is 1. The van der Waals surface area contributed by atoms with Crippen LogP contribution in [0, 0.1) is 0 Å². The van der Waals surface area contributed by atoms with E-state index in [1.54, 1.807) is 4.90 Å². The molecule has 3 aliphatic heterocycles. The van der Waals surface area contributed by atoms with Gasteiger partial charge in [0.1, 0.15) is 5.69 Å². The SMILES string of the molecule is CC1NC=C(c2ccc3c(n2)C2=C(CNC(=O)N2c2ccc(C(C)(C)N)cc2)CN3)CN1. The summed E-state index contributed by atoms with van der Waals surface area (Å²) >= 11 is 0. The molecule has 5 rings (SSSR count). The average Bonchev–Trinajstić information content (AvgIpc) is 2.78. The van der Waals surface area contributed by atoms with E-state index in [0.29, 0.717) is 13.1 Å². The number of amides is 2. The lowest BCUT2D eigenvalue weighted by atomic mass is 9.95. The fraction of sp³-hybridized carbons (Fsp3) is 0.333. The molecular weight excluding hydrogens is 402 g/mol. The molecule has 8 heteroatoms. The van der Waals surface area contributed by atoms with Crippen LogP contribution in [0.4, 0.5) is 16.2 Å². The highest BCUT2D eigenvalue weighted by molar-refractivity contribution is 6.09. The van der Waals surface area contributed by atoms with E-state index < -0.39 is 5.54 Å². The molecule has 2 amide bonds. The lowest BCUT2D eigenvalue weighted by Gasteiger charge is -2.36. The molecule has 6 N–H and O–H groups in total. The zero-order valence-electron chi connectivity index (χ0n) is 18.6. The van der Waals surface area contributed by atoms with Crippen LogP contribution in [-0.4, -0.2) is 36.8 Å². The van der Waals surface area contributed by atoms with Crippen molar-refractivity contribution < 1.29 is 4.79 Å². The van der Waals surface area contributed by atoms with Gasteiger partial charge in [-0.2, -0.15) is 0 Å². The molecule has 0 radical (unpaired) electrons. The van der Waals surface area contributed by atoms with E-state index in [-0.39, 0.29) is 12.2 Å². The highest BCUT2D eigenvalue weighted by atomic mass is 16.2. The molecule has 0 bridgehead atoms. The van der Waals surface area contributed by atoms with Gasteiger partial charge in [0.2, 0.25) is 0 Å². The monoisotopic (exact) mass is 431 g/mol. The molecule has 1 aromatic carbocycles. The quantitative estimate of drug-likeness (QED) is 0.511. The molecule has 0 saturated carbocycles. The minimum atomic E-state index is -0.446. The molecule has 32 heavy (non-hydrogen) atoms. The summed E-state index contributed by atoms with van der Waals surface area (Å²) in [6.45, 7) is 7.91. The van der Waals surface area contributed by atoms with Crippen LogP contribution in [0.2, 0.25) is 0 Å².